The van der Waals surface area contributed by atoms with E-state index in [2.05, 4.69) is 71.0 Å². The lowest BCUT2D eigenvalue weighted by atomic mass is 9.88. The smallest absolute Gasteiger partial charge is 0.354 e. The Bertz CT molecular complexity index is 1250. The molecule has 0 saturated carbocycles. The number of rotatable bonds is 10. The standard InChI is InChI=1S/C29H30N4O2/c34-29(35)28-26-13-12-23-20-31-18-15-25(23)27(26)32-33(28)19-7-16-30-17-14-24(21-8-3-1-4-9-21)22-10-5-2-6-11-22/h1-6,8-11,15,18,20,24,30H,7,12-14,16-17,19H2,(H,34,35). The van der Waals surface area contributed by atoms with Crippen LogP contribution in [0.4, 0.5) is 0 Å². The summed E-state index contributed by atoms with van der Waals surface area (Å²) in [5.41, 5.74) is 6.76. The van der Waals surface area contributed by atoms with E-state index in [0.717, 1.165) is 54.7 Å². The number of carboxylic acids is 1. The van der Waals surface area contributed by atoms with Crippen molar-refractivity contribution in [3.8, 4) is 11.3 Å². The van der Waals surface area contributed by atoms with E-state index in [0.29, 0.717) is 24.6 Å². The third-order valence-electron chi connectivity index (χ3n) is 6.79. The highest BCUT2D eigenvalue weighted by Crippen LogP contribution is 2.34. The summed E-state index contributed by atoms with van der Waals surface area (Å²) in [5.74, 6) is -0.561. The fourth-order valence-electron chi connectivity index (χ4n) is 5.09. The van der Waals surface area contributed by atoms with Crippen molar-refractivity contribution in [3.63, 3.8) is 0 Å². The monoisotopic (exact) mass is 466 g/mol. The molecule has 178 valence electrons. The second-order valence-corrected chi connectivity index (χ2v) is 9.00. The molecule has 0 radical (unpaired) electrons. The summed E-state index contributed by atoms with van der Waals surface area (Å²) in [6.45, 7) is 2.26. The van der Waals surface area contributed by atoms with E-state index in [1.165, 1.54) is 11.1 Å². The predicted octanol–water partition coefficient (Wildman–Crippen LogP) is 4.94. The molecule has 1 aliphatic rings. The quantitative estimate of drug-likeness (QED) is 0.324. The molecule has 0 spiro atoms. The number of aromatic nitrogens is 3. The minimum atomic E-state index is -0.905. The van der Waals surface area contributed by atoms with Crippen LogP contribution < -0.4 is 5.32 Å². The highest BCUT2D eigenvalue weighted by atomic mass is 16.4. The first-order valence-electron chi connectivity index (χ1n) is 12.3. The number of carboxylic acid groups (broad SMARTS) is 1. The molecule has 0 aliphatic heterocycles. The van der Waals surface area contributed by atoms with E-state index in [-0.39, 0.29) is 0 Å². The lowest BCUT2D eigenvalue weighted by Gasteiger charge is -2.18. The van der Waals surface area contributed by atoms with Gasteiger partial charge in [-0.15, -0.1) is 0 Å². The van der Waals surface area contributed by atoms with Gasteiger partial charge in [-0.1, -0.05) is 60.7 Å². The maximum Gasteiger partial charge on any atom is 0.354 e. The summed E-state index contributed by atoms with van der Waals surface area (Å²) in [4.78, 5) is 16.3. The molecular formula is C29H30N4O2. The first kappa shape index (κ1) is 23.0. The van der Waals surface area contributed by atoms with E-state index in [1.54, 1.807) is 10.9 Å². The van der Waals surface area contributed by atoms with Gasteiger partial charge in [-0.2, -0.15) is 5.10 Å². The first-order valence-corrected chi connectivity index (χ1v) is 12.3. The van der Waals surface area contributed by atoms with Crippen molar-refractivity contribution in [1.82, 2.24) is 20.1 Å². The van der Waals surface area contributed by atoms with Gasteiger partial charge in [0.05, 0.1) is 5.69 Å². The molecule has 0 amide bonds. The molecule has 2 N–H and O–H groups in total. The fraction of sp³-hybridized carbons (Fsp3) is 0.276. The average molecular weight is 467 g/mol. The number of hydrogen-bond acceptors (Lipinski definition) is 4. The summed E-state index contributed by atoms with van der Waals surface area (Å²) >= 11 is 0. The van der Waals surface area contributed by atoms with E-state index in [9.17, 15) is 9.90 Å². The Morgan fingerprint density at radius 1 is 0.971 bits per heavy atom. The minimum Gasteiger partial charge on any atom is -0.477 e. The summed E-state index contributed by atoms with van der Waals surface area (Å²) in [7, 11) is 0. The zero-order valence-electron chi connectivity index (χ0n) is 19.7. The van der Waals surface area contributed by atoms with Crippen LogP contribution >= 0.6 is 0 Å². The normalized spacial score (nSPS) is 12.4. The van der Waals surface area contributed by atoms with E-state index >= 15 is 0 Å². The van der Waals surface area contributed by atoms with Gasteiger partial charge in [0.15, 0.2) is 0 Å². The van der Waals surface area contributed by atoms with Crippen LogP contribution in [0.3, 0.4) is 0 Å². The summed E-state index contributed by atoms with van der Waals surface area (Å²) in [6, 6.07) is 23.2. The third kappa shape index (κ3) is 5.03. The van der Waals surface area contributed by atoms with Gasteiger partial charge in [0.1, 0.15) is 5.69 Å². The summed E-state index contributed by atoms with van der Waals surface area (Å²) in [6.07, 6.45) is 6.90. The maximum absolute atomic E-state index is 12.1. The number of nitrogens with one attached hydrogen (secondary N) is 1. The molecule has 35 heavy (non-hydrogen) atoms. The van der Waals surface area contributed by atoms with Gasteiger partial charge in [0.25, 0.3) is 0 Å². The Labute approximate surface area is 205 Å². The molecule has 0 saturated heterocycles. The molecule has 0 bridgehead atoms. The van der Waals surface area contributed by atoms with Crippen LogP contribution in [0.5, 0.6) is 0 Å². The molecule has 4 aromatic rings. The molecule has 5 rings (SSSR count). The van der Waals surface area contributed by atoms with Crippen LogP contribution in [0.1, 0.15) is 51.5 Å². The topological polar surface area (TPSA) is 80.0 Å². The van der Waals surface area contributed by atoms with Gasteiger partial charge in [-0.25, -0.2) is 4.79 Å². The molecule has 2 heterocycles. The second kappa shape index (κ2) is 10.7. The summed E-state index contributed by atoms with van der Waals surface area (Å²) in [5, 5.41) is 18.2. The Kier molecular flexibility index (Phi) is 7.00. The van der Waals surface area contributed by atoms with Gasteiger partial charge >= 0.3 is 5.97 Å². The number of carbonyl (C=O) groups is 1. The Hall–Kier alpha value is -3.77. The van der Waals surface area contributed by atoms with Crippen molar-refractivity contribution in [1.29, 1.82) is 0 Å². The lowest BCUT2D eigenvalue weighted by molar-refractivity contribution is 0.0681. The lowest BCUT2D eigenvalue weighted by Crippen LogP contribution is -2.21. The number of nitrogens with zero attached hydrogens (tertiary/aromatic N) is 3. The first-order chi connectivity index (χ1) is 17.2. The van der Waals surface area contributed by atoms with Gasteiger partial charge in [0.2, 0.25) is 0 Å². The maximum atomic E-state index is 12.1. The molecule has 6 heteroatoms. The molecule has 0 fully saturated rings. The SMILES string of the molecule is O=C(O)c1c2c(nn1CCCNCCC(c1ccccc1)c1ccccc1)-c1ccncc1CC2. The molecule has 0 unspecified atom stereocenters. The largest absolute Gasteiger partial charge is 0.477 e. The minimum absolute atomic E-state index is 0.329. The molecule has 1 aliphatic carbocycles. The van der Waals surface area contributed by atoms with Gasteiger partial charge in [-0.05, 0) is 61.5 Å². The average Bonchev–Trinajstić information content (AvgIpc) is 3.28. The van der Waals surface area contributed by atoms with Crippen LogP contribution in [0.15, 0.2) is 79.1 Å². The molecular weight excluding hydrogens is 436 g/mol. The van der Waals surface area contributed by atoms with Gasteiger partial charge in [0, 0.05) is 36.0 Å². The zero-order valence-corrected chi connectivity index (χ0v) is 19.7. The van der Waals surface area contributed by atoms with Crippen molar-refractivity contribution in [3.05, 3.63) is 107 Å². The number of pyridine rings is 1. The third-order valence-corrected chi connectivity index (χ3v) is 6.79. The summed E-state index contributed by atoms with van der Waals surface area (Å²) < 4.78 is 1.68. The van der Waals surface area contributed by atoms with Crippen LogP contribution in [-0.4, -0.2) is 38.9 Å². The Morgan fingerprint density at radius 2 is 1.69 bits per heavy atom. The highest BCUT2D eigenvalue weighted by molar-refractivity contribution is 5.90. The molecule has 0 atom stereocenters. The molecule has 6 nitrogen and oxygen atoms in total. The van der Waals surface area contributed by atoms with Crippen LogP contribution in [-0.2, 0) is 19.4 Å². The second-order valence-electron chi connectivity index (χ2n) is 9.00. The number of aryl methyl sites for hydroxylation is 2. The molecule has 2 aromatic carbocycles. The highest BCUT2D eigenvalue weighted by Gasteiger charge is 2.28. The fourth-order valence-corrected chi connectivity index (χ4v) is 5.09. The van der Waals surface area contributed by atoms with E-state index in [1.807, 2.05) is 12.3 Å². The van der Waals surface area contributed by atoms with Crippen LogP contribution in [0.25, 0.3) is 11.3 Å². The van der Waals surface area contributed by atoms with Crippen LogP contribution in [0.2, 0.25) is 0 Å². The van der Waals surface area contributed by atoms with E-state index in [4.69, 9.17) is 5.10 Å². The molecule has 2 aromatic heterocycles. The van der Waals surface area contributed by atoms with Crippen molar-refractivity contribution in [2.24, 2.45) is 0 Å². The predicted molar refractivity (Wildman–Crippen MR) is 137 cm³/mol. The van der Waals surface area contributed by atoms with Gasteiger partial charge in [-0.3, -0.25) is 9.67 Å². The van der Waals surface area contributed by atoms with E-state index < -0.39 is 5.97 Å². The number of fused-ring (bicyclic) bond motifs is 3. The Morgan fingerprint density at radius 3 is 2.37 bits per heavy atom. The zero-order chi connectivity index (χ0) is 24.0. The van der Waals surface area contributed by atoms with Crippen molar-refractivity contribution >= 4 is 5.97 Å². The van der Waals surface area contributed by atoms with Crippen molar-refractivity contribution < 1.29 is 9.90 Å². The van der Waals surface area contributed by atoms with Gasteiger partial charge < -0.3 is 10.4 Å². The van der Waals surface area contributed by atoms with Crippen molar-refractivity contribution in [2.45, 2.75) is 38.1 Å². The van der Waals surface area contributed by atoms with Crippen LogP contribution in [0, 0.1) is 0 Å². The number of hydrogen-bond donors (Lipinski definition) is 2. The Balaban J connectivity index is 1.20. The number of benzene rings is 2. The van der Waals surface area contributed by atoms with Crippen molar-refractivity contribution in [2.75, 3.05) is 13.1 Å². The number of aromatic carboxylic acids is 1.